The number of aliphatic hydroxyl groups excluding tert-OH is 1. The zero-order valence-electron chi connectivity index (χ0n) is 54.3. The van der Waals surface area contributed by atoms with Crippen molar-refractivity contribution in [2.45, 2.75) is 200 Å². The smallest absolute Gasteiger partial charge is 0.338 e. The van der Waals surface area contributed by atoms with Gasteiger partial charge in [-0.05, 0) is 158 Å². The highest BCUT2D eigenvalue weighted by atomic mass is 16.8. The van der Waals surface area contributed by atoms with Crippen molar-refractivity contribution in [3.05, 3.63) is 191 Å². The van der Waals surface area contributed by atoms with Gasteiger partial charge in [-0.2, -0.15) is 0 Å². The van der Waals surface area contributed by atoms with E-state index in [0.717, 1.165) is 68.9 Å². The highest BCUT2D eigenvalue weighted by molar-refractivity contribution is 5.91. The van der Waals surface area contributed by atoms with Gasteiger partial charge >= 0.3 is 23.9 Å². The SMILES string of the molecule is C[C@@H]1O[C@@H](O[C@@H]2[C@@H](O)[C@H](O[C@H]3CC[C@]4(C)[C@H]5CC=C6[C@@H]7CC(C)(C)CC[C@]7(C(=O)OCc7ccccc7)CC[C@@]6(C)[C@]5(C)CC[C@H]4C3(C)C)O[C@@H]3CO[C@@H](c4ccccc4)O[C@H]23)[C@H](OC(=O)c2ccccc2)[C@H](OC(=O)c2ccccc2)[C@H]1OC(=O)c1ccccc1. The molecular weight excluding hydrogens is 1160 g/mol. The number of aliphatic hydroxyl groups is 1. The Morgan fingerprint density at radius 3 is 1.75 bits per heavy atom. The van der Waals surface area contributed by atoms with Gasteiger partial charge in [-0.25, -0.2) is 14.4 Å². The number of allylic oxidation sites excluding steroid dienone is 2. The molecule has 0 bridgehead atoms. The highest BCUT2D eigenvalue weighted by Gasteiger charge is 2.70. The molecule has 0 aromatic heterocycles. The lowest BCUT2D eigenvalue weighted by Gasteiger charge is -2.71. The number of hydrogen-bond acceptors (Lipinski definition) is 15. The summed E-state index contributed by atoms with van der Waals surface area (Å²) in [6, 6.07) is 44.5. The summed E-state index contributed by atoms with van der Waals surface area (Å²) in [5.74, 6) is -1.63. The van der Waals surface area contributed by atoms with E-state index in [-0.39, 0.29) is 75.5 Å². The van der Waals surface area contributed by atoms with E-state index in [2.05, 4.69) is 54.5 Å². The molecule has 0 unspecified atom stereocenters. The van der Waals surface area contributed by atoms with E-state index in [1.165, 1.54) is 5.57 Å². The van der Waals surface area contributed by atoms with Crippen LogP contribution in [0.1, 0.15) is 168 Å². The van der Waals surface area contributed by atoms with Crippen LogP contribution in [-0.4, -0.2) is 103 Å². The lowest BCUT2D eigenvalue weighted by atomic mass is 9.33. The molecule has 0 amide bonds. The molecule has 3 saturated heterocycles. The van der Waals surface area contributed by atoms with Crippen molar-refractivity contribution in [1.82, 2.24) is 0 Å². The third kappa shape index (κ3) is 11.7. The quantitative estimate of drug-likeness (QED) is 0.0480. The summed E-state index contributed by atoms with van der Waals surface area (Å²) in [7, 11) is 0. The van der Waals surface area contributed by atoms with Gasteiger partial charge in [-0.15, -0.1) is 0 Å². The van der Waals surface area contributed by atoms with Gasteiger partial charge in [0, 0.05) is 5.56 Å². The van der Waals surface area contributed by atoms with Crippen molar-refractivity contribution in [2.24, 2.45) is 50.2 Å². The minimum Gasteiger partial charge on any atom is -0.460 e. The standard InChI is InChI=1S/C77H90O15/c1-47-60(88-65(79)49-26-16-10-17-27-49)63(89-66(80)50-28-18-11-19-29-50)64(90-67(81)51-30-20-12-21-31-51)70(85-47)92-62-59(78)69(86-55-46-83-68(91-61(55)62)52-32-22-13-23-33-52)87-58-37-38-74(6)56(73(58,4)5)36-39-76(8)57(74)35-34-53-54-44-72(2,3)40-42-77(54,43-41-75(53,76)7)71(82)84-45-48-24-14-9-15-25-48/h9-34,47,54-64,68-70,78H,35-46H2,1-8H3/t47-,54-,55+,56-,57+,58-,59+,60-,61-,62+,63+,64+,68+,69-,70-,74-,75+,76+,77-/m0/s1. The Labute approximate surface area is 541 Å². The molecule has 5 aromatic rings. The normalized spacial score (nSPS) is 37.6. The average molecular weight is 1260 g/mol. The lowest BCUT2D eigenvalue weighted by molar-refractivity contribution is -0.398. The molecule has 5 aliphatic carbocycles. The summed E-state index contributed by atoms with van der Waals surface area (Å²) in [5.41, 5.74) is 2.74. The zero-order chi connectivity index (χ0) is 64.4. The van der Waals surface area contributed by atoms with Crippen molar-refractivity contribution in [3.63, 3.8) is 0 Å². The van der Waals surface area contributed by atoms with E-state index in [0.29, 0.717) is 12.3 Å². The maximum atomic E-state index is 14.7. The first kappa shape index (κ1) is 64.2. The predicted molar refractivity (Wildman–Crippen MR) is 341 cm³/mol. The molecular formula is C77H90O15. The first-order valence-electron chi connectivity index (χ1n) is 33.4. The van der Waals surface area contributed by atoms with Gasteiger partial charge in [0.1, 0.15) is 31.0 Å². The van der Waals surface area contributed by atoms with Gasteiger partial charge < -0.3 is 52.5 Å². The Morgan fingerprint density at radius 1 is 0.565 bits per heavy atom. The Bertz CT molecular complexity index is 3470. The topological polar surface area (TPSA) is 181 Å². The first-order chi connectivity index (χ1) is 44.1. The molecule has 0 spiro atoms. The Morgan fingerprint density at radius 2 is 1.13 bits per heavy atom. The predicted octanol–water partition coefficient (Wildman–Crippen LogP) is 13.9. The van der Waals surface area contributed by atoms with Gasteiger partial charge in [0.15, 0.2) is 37.2 Å². The molecule has 8 aliphatic rings. The highest BCUT2D eigenvalue weighted by Crippen LogP contribution is 2.76. The third-order valence-corrected chi connectivity index (χ3v) is 23.6. The van der Waals surface area contributed by atoms with E-state index in [4.69, 9.17) is 47.4 Å². The molecule has 15 nitrogen and oxygen atoms in total. The van der Waals surface area contributed by atoms with Gasteiger partial charge in [-0.3, -0.25) is 4.79 Å². The maximum Gasteiger partial charge on any atom is 0.338 e. The van der Waals surface area contributed by atoms with Crippen molar-refractivity contribution < 1.29 is 71.7 Å². The third-order valence-electron chi connectivity index (χ3n) is 23.6. The fourth-order valence-corrected chi connectivity index (χ4v) is 18.4. The molecule has 7 fully saturated rings. The second-order valence-electron chi connectivity index (χ2n) is 29.6. The number of fused-ring (bicyclic) bond motifs is 8. The van der Waals surface area contributed by atoms with Crippen LogP contribution in [0.3, 0.4) is 0 Å². The van der Waals surface area contributed by atoms with Crippen LogP contribution in [0.5, 0.6) is 0 Å². The number of esters is 4. The minimum atomic E-state index is -1.61. The van der Waals surface area contributed by atoms with Gasteiger partial charge in [0.2, 0.25) is 0 Å². The van der Waals surface area contributed by atoms with Crippen LogP contribution in [0.2, 0.25) is 0 Å². The summed E-state index contributed by atoms with van der Waals surface area (Å²) >= 11 is 0. The molecule has 0 radical (unpaired) electrons. The van der Waals surface area contributed by atoms with Crippen LogP contribution >= 0.6 is 0 Å². The number of carbonyl (C=O) groups is 4. The van der Waals surface area contributed by atoms with Crippen LogP contribution in [0, 0.1) is 50.2 Å². The number of carbonyl (C=O) groups excluding carboxylic acids is 4. The van der Waals surface area contributed by atoms with Crippen molar-refractivity contribution in [2.75, 3.05) is 6.61 Å². The van der Waals surface area contributed by atoms with Crippen molar-refractivity contribution >= 4 is 23.9 Å². The second-order valence-corrected chi connectivity index (χ2v) is 29.6. The fourth-order valence-electron chi connectivity index (χ4n) is 18.4. The summed E-state index contributed by atoms with van der Waals surface area (Å²) in [5, 5.41) is 13.1. The molecule has 13 rings (SSSR count). The maximum absolute atomic E-state index is 14.7. The second kappa shape index (κ2) is 25.3. The first-order valence-corrected chi connectivity index (χ1v) is 33.4. The van der Waals surface area contributed by atoms with E-state index in [1.54, 1.807) is 97.9 Å². The van der Waals surface area contributed by atoms with Crippen LogP contribution in [0.4, 0.5) is 0 Å². The zero-order valence-corrected chi connectivity index (χ0v) is 54.3. The summed E-state index contributed by atoms with van der Waals surface area (Å²) in [6.45, 7) is 19.0. The molecule has 1 N–H and O–H groups in total. The molecule has 15 heteroatoms. The molecule has 4 saturated carbocycles. The fraction of sp³-hybridized carbons (Fsp3) is 0.532. The van der Waals surface area contributed by atoms with Crippen LogP contribution in [0.15, 0.2) is 163 Å². The number of benzene rings is 5. The van der Waals surface area contributed by atoms with E-state index in [9.17, 15) is 24.3 Å². The number of hydrogen-bond donors (Lipinski definition) is 1. The van der Waals surface area contributed by atoms with Crippen molar-refractivity contribution in [1.29, 1.82) is 0 Å². The minimum absolute atomic E-state index is 0.0359. The monoisotopic (exact) mass is 1250 g/mol. The molecule has 3 heterocycles. The van der Waals surface area contributed by atoms with Gasteiger partial charge in [0.25, 0.3) is 0 Å². The Hall–Kier alpha value is -6.56. The van der Waals surface area contributed by atoms with Crippen molar-refractivity contribution in [3.8, 4) is 0 Å². The van der Waals surface area contributed by atoms with E-state index < -0.39 is 96.4 Å². The Balaban J connectivity index is 0.793. The van der Waals surface area contributed by atoms with Crippen LogP contribution < -0.4 is 0 Å². The van der Waals surface area contributed by atoms with E-state index >= 15 is 0 Å². The molecule has 3 aliphatic heterocycles. The molecule has 92 heavy (non-hydrogen) atoms. The number of ether oxygens (including phenoxy) is 10. The van der Waals surface area contributed by atoms with Gasteiger partial charge in [0.05, 0.1) is 40.9 Å². The lowest BCUT2D eigenvalue weighted by Crippen LogP contribution is -2.68. The summed E-state index contributed by atoms with van der Waals surface area (Å²) in [6.07, 6.45) is -2.65. The average Bonchev–Trinajstić information content (AvgIpc) is 0.677. The largest absolute Gasteiger partial charge is 0.460 e. The molecule has 19 atom stereocenters. The molecule has 5 aromatic carbocycles. The Kier molecular flexibility index (Phi) is 17.6. The summed E-state index contributed by atoms with van der Waals surface area (Å²) in [4.78, 5) is 57.5. The van der Waals surface area contributed by atoms with Gasteiger partial charge in [-0.1, -0.05) is 175 Å². The van der Waals surface area contributed by atoms with E-state index in [1.807, 2.05) is 60.7 Å². The number of rotatable bonds is 14. The molecule has 488 valence electrons. The summed E-state index contributed by atoms with van der Waals surface area (Å²) < 4.78 is 66.5. The van der Waals surface area contributed by atoms with Crippen LogP contribution in [0.25, 0.3) is 0 Å². The van der Waals surface area contributed by atoms with Crippen LogP contribution in [-0.2, 0) is 58.8 Å².